The maximum Gasteiger partial charge on any atom is 0.264 e. The minimum absolute atomic E-state index is 0.0766. The Kier molecular flexibility index (Phi) is 4.00. The summed E-state index contributed by atoms with van der Waals surface area (Å²) in [5, 5.41) is 2.85. The quantitative estimate of drug-likeness (QED) is 0.877. The van der Waals surface area contributed by atoms with Gasteiger partial charge in [-0.2, -0.15) is 0 Å². The molecule has 2 aromatic carbocycles. The molecule has 2 aliphatic heterocycles. The number of hydrogen-bond acceptors (Lipinski definition) is 4. The molecule has 0 bridgehead atoms. The number of thioether (sulfide) groups is 1. The molecule has 1 N–H and O–H groups in total. The molecule has 0 saturated heterocycles. The van der Waals surface area contributed by atoms with E-state index in [0.29, 0.717) is 24.4 Å². The van der Waals surface area contributed by atoms with Crippen molar-refractivity contribution in [2.24, 2.45) is 5.92 Å². The van der Waals surface area contributed by atoms with Crippen LogP contribution >= 0.6 is 11.8 Å². The molecule has 0 radical (unpaired) electrons. The van der Waals surface area contributed by atoms with E-state index in [1.54, 1.807) is 30.0 Å². The molecule has 7 heteroatoms. The number of amides is 1. The number of benzene rings is 2. The standard InChI is InChI=1S/C18H18N2O3S2/c1-12-11-24-17-7-6-14(10-15(17)19-18(12)21)25(22,23)20-9-8-13-4-2-3-5-16(13)20/h2-7,10,12H,8-9,11H2,1H3,(H,19,21)/t12-/m0/s1. The van der Waals surface area contributed by atoms with Crippen LogP contribution in [-0.4, -0.2) is 26.6 Å². The van der Waals surface area contributed by atoms with Crippen molar-refractivity contribution in [1.29, 1.82) is 0 Å². The lowest BCUT2D eigenvalue weighted by atomic mass is 10.2. The van der Waals surface area contributed by atoms with Crippen molar-refractivity contribution >= 4 is 39.1 Å². The van der Waals surface area contributed by atoms with Gasteiger partial charge in [0.15, 0.2) is 0 Å². The Hall–Kier alpha value is -1.99. The molecule has 1 atom stereocenters. The topological polar surface area (TPSA) is 66.5 Å². The molecule has 0 saturated carbocycles. The number of carbonyl (C=O) groups excluding carboxylic acids is 1. The van der Waals surface area contributed by atoms with Crippen molar-refractivity contribution in [2.75, 3.05) is 21.9 Å². The van der Waals surface area contributed by atoms with E-state index in [2.05, 4.69) is 5.32 Å². The summed E-state index contributed by atoms with van der Waals surface area (Å²) < 4.78 is 27.7. The molecule has 4 rings (SSSR count). The van der Waals surface area contributed by atoms with E-state index in [4.69, 9.17) is 0 Å². The van der Waals surface area contributed by atoms with Crippen LogP contribution in [0.3, 0.4) is 0 Å². The van der Waals surface area contributed by atoms with Crippen molar-refractivity contribution in [3.8, 4) is 0 Å². The number of nitrogens with zero attached hydrogens (tertiary/aromatic N) is 1. The zero-order valence-electron chi connectivity index (χ0n) is 13.7. The molecular weight excluding hydrogens is 356 g/mol. The van der Waals surface area contributed by atoms with Gasteiger partial charge in [-0.05, 0) is 36.2 Å². The lowest BCUT2D eigenvalue weighted by molar-refractivity contribution is -0.118. The number of sulfonamides is 1. The fourth-order valence-corrected chi connectivity index (χ4v) is 5.67. The molecule has 0 fully saturated rings. The van der Waals surface area contributed by atoms with Crippen LogP contribution < -0.4 is 9.62 Å². The maximum absolute atomic E-state index is 13.1. The summed E-state index contributed by atoms with van der Waals surface area (Å²) >= 11 is 1.57. The highest BCUT2D eigenvalue weighted by Gasteiger charge is 2.31. The van der Waals surface area contributed by atoms with Gasteiger partial charge in [0, 0.05) is 23.1 Å². The predicted molar refractivity (Wildman–Crippen MR) is 99.6 cm³/mol. The predicted octanol–water partition coefficient (Wildman–Crippen LogP) is 3.12. The average molecular weight is 374 g/mol. The average Bonchev–Trinajstić information content (AvgIpc) is 2.99. The number of para-hydroxylation sites is 1. The van der Waals surface area contributed by atoms with Gasteiger partial charge < -0.3 is 5.32 Å². The van der Waals surface area contributed by atoms with Crippen LogP contribution in [0.25, 0.3) is 0 Å². The Morgan fingerprint density at radius 2 is 2.00 bits per heavy atom. The first kappa shape index (κ1) is 16.5. The summed E-state index contributed by atoms with van der Waals surface area (Å²) in [6.45, 7) is 2.31. The zero-order chi connectivity index (χ0) is 17.6. The van der Waals surface area contributed by atoms with E-state index in [9.17, 15) is 13.2 Å². The van der Waals surface area contributed by atoms with E-state index in [1.165, 1.54) is 4.31 Å². The largest absolute Gasteiger partial charge is 0.325 e. The van der Waals surface area contributed by atoms with E-state index in [0.717, 1.165) is 16.1 Å². The first-order valence-corrected chi connectivity index (χ1v) is 10.6. The van der Waals surface area contributed by atoms with Gasteiger partial charge in [0.25, 0.3) is 10.0 Å². The fourth-order valence-electron chi connectivity index (χ4n) is 3.12. The minimum atomic E-state index is -3.66. The smallest absolute Gasteiger partial charge is 0.264 e. The van der Waals surface area contributed by atoms with Gasteiger partial charge in [0.05, 0.1) is 16.3 Å². The Balaban J connectivity index is 1.73. The third-order valence-corrected chi connectivity index (χ3v) is 7.72. The second-order valence-electron chi connectivity index (χ2n) is 6.32. The van der Waals surface area contributed by atoms with E-state index in [1.807, 2.05) is 31.2 Å². The van der Waals surface area contributed by atoms with Gasteiger partial charge in [0.1, 0.15) is 0 Å². The first-order chi connectivity index (χ1) is 12.0. The molecular formula is C18H18N2O3S2. The number of rotatable bonds is 2. The number of carbonyl (C=O) groups is 1. The summed E-state index contributed by atoms with van der Waals surface area (Å²) in [5.74, 6) is 0.500. The van der Waals surface area contributed by atoms with Gasteiger partial charge in [-0.25, -0.2) is 8.42 Å². The van der Waals surface area contributed by atoms with E-state index >= 15 is 0 Å². The lowest BCUT2D eigenvalue weighted by Gasteiger charge is -2.20. The van der Waals surface area contributed by atoms with Gasteiger partial charge in [-0.3, -0.25) is 9.10 Å². The number of hydrogen-bond donors (Lipinski definition) is 1. The molecule has 0 aromatic heterocycles. The Morgan fingerprint density at radius 1 is 1.20 bits per heavy atom. The fraction of sp³-hybridized carbons (Fsp3) is 0.278. The SMILES string of the molecule is C[C@H]1CSc2ccc(S(=O)(=O)N3CCc4ccccc43)cc2NC1=O. The van der Waals surface area contributed by atoms with E-state index < -0.39 is 10.0 Å². The molecule has 130 valence electrons. The molecule has 1 amide bonds. The van der Waals surface area contributed by atoms with Gasteiger partial charge >= 0.3 is 0 Å². The summed E-state index contributed by atoms with van der Waals surface area (Å²) in [7, 11) is -3.66. The van der Waals surface area contributed by atoms with Crippen LogP contribution in [0.2, 0.25) is 0 Å². The Labute approximate surface area is 151 Å². The molecule has 0 unspecified atom stereocenters. The molecule has 0 aliphatic carbocycles. The highest BCUT2D eigenvalue weighted by molar-refractivity contribution is 7.99. The molecule has 2 aromatic rings. The Bertz CT molecular complexity index is 957. The summed E-state index contributed by atoms with van der Waals surface area (Å²) in [4.78, 5) is 13.2. The van der Waals surface area contributed by atoms with Gasteiger partial charge in [-0.1, -0.05) is 25.1 Å². The molecule has 2 aliphatic rings. The number of fused-ring (bicyclic) bond motifs is 2. The van der Waals surface area contributed by atoms with Crippen molar-refractivity contribution in [2.45, 2.75) is 23.1 Å². The van der Waals surface area contributed by atoms with Gasteiger partial charge in [0.2, 0.25) is 5.91 Å². The van der Waals surface area contributed by atoms with Crippen molar-refractivity contribution in [1.82, 2.24) is 0 Å². The number of anilines is 2. The van der Waals surface area contributed by atoms with Crippen LogP contribution in [-0.2, 0) is 21.2 Å². The van der Waals surface area contributed by atoms with Crippen molar-refractivity contribution in [3.05, 3.63) is 48.0 Å². The zero-order valence-corrected chi connectivity index (χ0v) is 15.4. The van der Waals surface area contributed by atoms with Crippen LogP contribution in [0.4, 0.5) is 11.4 Å². The van der Waals surface area contributed by atoms with Crippen LogP contribution in [0.5, 0.6) is 0 Å². The number of nitrogens with one attached hydrogen (secondary N) is 1. The monoisotopic (exact) mass is 374 g/mol. The lowest BCUT2D eigenvalue weighted by Crippen LogP contribution is -2.29. The van der Waals surface area contributed by atoms with Crippen molar-refractivity contribution in [3.63, 3.8) is 0 Å². The van der Waals surface area contributed by atoms with Crippen molar-refractivity contribution < 1.29 is 13.2 Å². The molecule has 5 nitrogen and oxygen atoms in total. The second-order valence-corrected chi connectivity index (χ2v) is 9.24. The summed E-state index contributed by atoms with van der Waals surface area (Å²) in [6.07, 6.45) is 0.713. The summed E-state index contributed by atoms with van der Waals surface area (Å²) in [5.41, 5.74) is 2.36. The Morgan fingerprint density at radius 3 is 2.84 bits per heavy atom. The molecule has 2 heterocycles. The van der Waals surface area contributed by atoms with E-state index in [-0.39, 0.29) is 16.7 Å². The minimum Gasteiger partial charge on any atom is -0.325 e. The van der Waals surface area contributed by atoms with Crippen LogP contribution in [0, 0.1) is 5.92 Å². The third kappa shape index (κ3) is 2.81. The van der Waals surface area contributed by atoms with Gasteiger partial charge in [-0.15, -0.1) is 11.8 Å². The highest BCUT2D eigenvalue weighted by atomic mass is 32.2. The molecule has 0 spiro atoms. The second kappa shape index (κ2) is 6.07. The van der Waals surface area contributed by atoms with Crippen LogP contribution in [0.15, 0.2) is 52.3 Å². The third-order valence-electron chi connectivity index (χ3n) is 4.58. The molecule has 25 heavy (non-hydrogen) atoms. The first-order valence-electron chi connectivity index (χ1n) is 8.15. The maximum atomic E-state index is 13.1. The highest BCUT2D eigenvalue weighted by Crippen LogP contribution is 2.37. The normalized spacial score (nSPS) is 19.8. The van der Waals surface area contributed by atoms with Crippen LogP contribution in [0.1, 0.15) is 12.5 Å². The summed E-state index contributed by atoms with van der Waals surface area (Å²) in [6, 6.07) is 12.6.